The summed E-state index contributed by atoms with van der Waals surface area (Å²) in [6, 6.07) is 10.3. The molecule has 0 bridgehead atoms. The van der Waals surface area contributed by atoms with Crippen LogP contribution in [0, 0.1) is 5.92 Å². The van der Waals surface area contributed by atoms with Crippen molar-refractivity contribution in [2.24, 2.45) is 10.9 Å². The molecule has 0 heterocycles. The summed E-state index contributed by atoms with van der Waals surface area (Å²) in [6.45, 7) is 10.1. The van der Waals surface area contributed by atoms with Crippen molar-refractivity contribution in [3.05, 3.63) is 35.9 Å². The average Bonchev–Trinajstić information content (AvgIpc) is 2.57. The fourth-order valence-electron chi connectivity index (χ4n) is 2.13. The molecule has 2 N–H and O–H groups in total. The molecule has 0 aliphatic rings. The molecule has 0 saturated carbocycles. The van der Waals surface area contributed by atoms with E-state index in [2.05, 4.69) is 41.6 Å². The number of benzene rings is 1. The summed E-state index contributed by atoms with van der Waals surface area (Å²) in [5.41, 5.74) is 1.19. The van der Waals surface area contributed by atoms with Crippen LogP contribution in [0.5, 0.6) is 0 Å². The second-order valence-corrected chi connectivity index (χ2v) is 6.25. The molecule has 0 fully saturated rings. The molecule has 5 nitrogen and oxygen atoms in total. The van der Waals surface area contributed by atoms with Gasteiger partial charge < -0.3 is 15.4 Å². The van der Waals surface area contributed by atoms with Crippen molar-refractivity contribution in [1.29, 1.82) is 0 Å². The van der Waals surface area contributed by atoms with Gasteiger partial charge in [-0.25, -0.2) is 0 Å². The van der Waals surface area contributed by atoms with Gasteiger partial charge in [-0.15, -0.1) is 0 Å². The van der Waals surface area contributed by atoms with Crippen LogP contribution in [0.2, 0.25) is 0 Å². The summed E-state index contributed by atoms with van der Waals surface area (Å²) >= 11 is 0. The molecular formula is C18H29N3O2. The van der Waals surface area contributed by atoms with Crippen molar-refractivity contribution in [2.75, 3.05) is 26.7 Å². The predicted molar refractivity (Wildman–Crippen MR) is 94.6 cm³/mol. The molecule has 1 aromatic rings. The average molecular weight is 319 g/mol. The van der Waals surface area contributed by atoms with Gasteiger partial charge in [0.05, 0.1) is 19.6 Å². The van der Waals surface area contributed by atoms with E-state index in [1.165, 1.54) is 12.7 Å². The second-order valence-electron chi connectivity index (χ2n) is 6.25. The third-order valence-electron chi connectivity index (χ3n) is 3.71. The smallest absolute Gasteiger partial charge is 0.310 e. The molecule has 1 aromatic carbocycles. The van der Waals surface area contributed by atoms with Crippen molar-refractivity contribution in [3.8, 4) is 0 Å². The van der Waals surface area contributed by atoms with E-state index < -0.39 is 0 Å². The second kappa shape index (κ2) is 9.18. The molecular weight excluding hydrogens is 290 g/mol. The van der Waals surface area contributed by atoms with Crippen LogP contribution in [0.3, 0.4) is 0 Å². The molecule has 128 valence electrons. The molecule has 1 unspecified atom stereocenters. The van der Waals surface area contributed by atoms with Gasteiger partial charge in [0, 0.05) is 18.5 Å². The maximum Gasteiger partial charge on any atom is 0.310 e. The van der Waals surface area contributed by atoms with Gasteiger partial charge in [-0.2, -0.15) is 0 Å². The minimum Gasteiger partial charge on any atom is -0.469 e. The minimum atomic E-state index is -0.224. The Morgan fingerprint density at radius 3 is 2.48 bits per heavy atom. The van der Waals surface area contributed by atoms with Crippen molar-refractivity contribution in [3.63, 3.8) is 0 Å². The van der Waals surface area contributed by atoms with Crippen LogP contribution in [-0.4, -0.2) is 38.7 Å². The highest BCUT2D eigenvalue weighted by atomic mass is 16.5. The zero-order chi connectivity index (χ0) is 17.3. The van der Waals surface area contributed by atoms with E-state index in [-0.39, 0.29) is 17.3 Å². The molecule has 0 radical (unpaired) electrons. The Morgan fingerprint density at radius 2 is 1.91 bits per heavy atom. The highest BCUT2D eigenvalue weighted by molar-refractivity contribution is 5.80. The molecule has 0 aliphatic heterocycles. The molecule has 0 aromatic heterocycles. The SMILES string of the molecule is CCNC(=NCC(C)(C)c1ccccc1)NCC(C)C(=O)OC. The van der Waals surface area contributed by atoms with E-state index >= 15 is 0 Å². The molecule has 0 amide bonds. The first-order valence-corrected chi connectivity index (χ1v) is 8.06. The van der Waals surface area contributed by atoms with Crippen LogP contribution in [0.15, 0.2) is 35.3 Å². The lowest BCUT2D eigenvalue weighted by Gasteiger charge is -2.24. The first-order valence-electron chi connectivity index (χ1n) is 8.06. The van der Waals surface area contributed by atoms with E-state index in [9.17, 15) is 4.79 Å². The number of aliphatic imine (C=N–C) groups is 1. The largest absolute Gasteiger partial charge is 0.469 e. The van der Waals surface area contributed by atoms with Crippen LogP contribution >= 0.6 is 0 Å². The monoisotopic (exact) mass is 319 g/mol. The lowest BCUT2D eigenvalue weighted by molar-refractivity contribution is -0.144. The normalized spacial score (nSPS) is 13.3. The Kier molecular flexibility index (Phi) is 7.59. The molecule has 0 aliphatic carbocycles. The summed E-state index contributed by atoms with van der Waals surface area (Å²) in [4.78, 5) is 16.1. The van der Waals surface area contributed by atoms with Crippen LogP contribution in [0.25, 0.3) is 0 Å². The third-order valence-corrected chi connectivity index (χ3v) is 3.71. The van der Waals surface area contributed by atoms with E-state index in [4.69, 9.17) is 4.74 Å². The molecule has 1 rings (SSSR count). The summed E-state index contributed by atoms with van der Waals surface area (Å²) < 4.78 is 4.74. The zero-order valence-corrected chi connectivity index (χ0v) is 14.8. The van der Waals surface area contributed by atoms with Crippen molar-refractivity contribution < 1.29 is 9.53 Å². The lowest BCUT2D eigenvalue weighted by atomic mass is 9.85. The number of nitrogens with one attached hydrogen (secondary N) is 2. The van der Waals surface area contributed by atoms with Gasteiger partial charge in [0.25, 0.3) is 0 Å². The van der Waals surface area contributed by atoms with E-state index in [1.807, 2.05) is 32.0 Å². The highest BCUT2D eigenvalue weighted by Gasteiger charge is 2.20. The number of carbonyl (C=O) groups is 1. The van der Waals surface area contributed by atoms with Gasteiger partial charge in [-0.3, -0.25) is 9.79 Å². The number of carbonyl (C=O) groups excluding carboxylic acids is 1. The molecule has 1 atom stereocenters. The molecule has 23 heavy (non-hydrogen) atoms. The molecule has 0 saturated heterocycles. The number of methoxy groups -OCH3 is 1. The molecule has 0 spiro atoms. The van der Waals surface area contributed by atoms with Gasteiger partial charge in [0.2, 0.25) is 0 Å². The van der Waals surface area contributed by atoms with Gasteiger partial charge >= 0.3 is 5.97 Å². The standard InChI is InChI=1S/C18H29N3O2/c1-6-19-17(20-12-14(2)16(22)23-5)21-13-18(3,4)15-10-8-7-9-11-15/h7-11,14H,6,12-13H2,1-5H3,(H2,19,20,21). The number of guanidine groups is 1. The third kappa shape index (κ3) is 6.30. The van der Waals surface area contributed by atoms with Crippen LogP contribution < -0.4 is 10.6 Å². The van der Waals surface area contributed by atoms with Crippen LogP contribution in [-0.2, 0) is 14.9 Å². The number of nitrogens with zero attached hydrogens (tertiary/aromatic N) is 1. The van der Waals surface area contributed by atoms with Gasteiger partial charge in [0.15, 0.2) is 5.96 Å². The summed E-state index contributed by atoms with van der Waals surface area (Å²) in [7, 11) is 1.40. The first kappa shape index (κ1) is 19.0. The van der Waals surface area contributed by atoms with E-state index in [0.717, 1.165) is 6.54 Å². The van der Waals surface area contributed by atoms with Crippen molar-refractivity contribution in [1.82, 2.24) is 10.6 Å². The highest BCUT2D eigenvalue weighted by Crippen LogP contribution is 2.22. The number of esters is 1. The first-order chi connectivity index (χ1) is 10.9. The summed E-state index contributed by atoms with van der Waals surface area (Å²) in [5.74, 6) is 0.274. The predicted octanol–water partition coefficient (Wildman–Crippen LogP) is 2.33. The Morgan fingerprint density at radius 1 is 1.26 bits per heavy atom. The molecule has 5 heteroatoms. The van der Waals surface area contributed by atoms with Gasteiger partial charge in [-0.05, 0) is 12.5 Å². The minimum absolute atomic E-state index is 0.0580. The van der Waals surface area contributed by atoms with Crippen LogP contribution in [0.4, 0.5) is 0 Å². The van der Waals surface area contributed by atoms with Crippen LogP contribution in [0.1, 0.15) is 33.3 Å². The Hall–Kier alpha value is -2.04. The van der Waals surface area contributed by atoms with Gasteiger partial charge in [0.1, 0.15) is 0 Å². The van der Waals surface area contributed by atoms with Gasteiger partial charge in [-0.1, -0.05) is 51.1 Å². The maximum atomic E-state index is 11.5. The number of rotatable bonds is 7. The summed E-state index contributed by atoms with van der Waals surface area (Å²) in [6.07, 6.45) is 0. The zero-order valence-electron chi connectivity index (χ0n) is 14.8. The quantitative estimate of drug-likeness (QED) is 0.460. The maximum absolute atomic E-state index is 11.5. The number of hydrogen-bond acceptors (Lipinski definition) is 3. The van der Waals surface area contributed by atoms with E-state index in [1.54, 1.807) is 0 Å². The Balaban J connectivity index is 2.69. The van der Waals surface area contributed by atoms with Crippen molar-refractivity contribution in [2.45, 2.75) is 33.1 Å². The van der Waals surface area contributed by atoms with E-state index in [0.29, 0.717) is 19.0 Å². The Labute approximate surface area is 139 Å². The fourth-order valence-corrected chi connectivity index (χ4v) is 2.13. The number of hydrogen-bond donors (Lipinski definition) is 2. The number of ether oxygens (including phenoxy) is 1. The lowest BCUT2D eigenvalue weighted by Crippen LogP contribution is -2.41. The topological polar surface area (TPSA) is 62.7 Å². The van der Waals surface area contributed by atoms with Crippen molar-refractivity contribution >= 4 is 11.9 Å². The Bertz CT molecular complexity index is 512. The fraction of sp³-hybridized carbons (Fsp3) is 0.556. The summed E-state index contributed by atoms with van der Waals surface area (Å²) in [5, 5.41) is 6.40.